The first-order valence-electron chi connectivity index (χ1n) is 9.14. The van der Waals surface area contributed by atoms with Crippen LogP contribution in [0.25, 0.3) is 0 Å². The molecule has 152 valence electrons. The molecule has 0 aliphatic carbocycles. The summed E-state index contributed by atoms with van der Waals surface area (Å²) in [6.07, 6.45) is -1.86. The SMILES string of the molecule is C=CCO[C@H]1O[C@@H]2COC(c3ccccc3)O[C@H]2[C@H](OC(C)=O)[C@H]1NC(C)=O. The van der Waals surface area contributed by atoms with Crippen LogP contribution in [0.5, 0.6) is 0 Å². The van der Waals surface area contributed by atoms with E-state index in [9.17, 15) is 9.59 Å². The molecule has 1 amide bonds. The standard InChI is InChI=1S/C20H25NO7/c1-4-10-24-20-16(21-12(2)22)18(26-13(3)23)17-15(27-20)11-25-19(28-17)14-8-6-5-7-9-14/h4-9,15-20H,1,10-11H2,2-3H3,(H,21,22)/t15-,16-,17-,18-,19?,20+/m1/s1. The second-order valence-corrected chi connectivity index (χ2v) is 6.64. The fraction of sp³-hybridized carbons (Fsp3) is 0.500. The maximum Gasteiger partial charge on any atom is 0.303 e. The van der Waals surface area contributed by atoms with E-state index >= 15 is 0 Å². The molecule has 2 heterocycles. The Hall–Kier alpha value is -2.26. The molecule has 1 N–H and O–H groups in total. The number of rotatable bonds is 6. The van der Waals surface area contributed by atoms with E-state index in [1.165, 1.54) is 13.8 Å². The van der Waals surface area contributed by atoms with Gasteiger partial charge in [-0.05, 0) is 0 Å². The Morgan fingerprint density at radius 2 is 2.00 bits per heavy atom. The van der Waals surface area contributed by atoms with Crippen molar-refractivity contribution in [2.75, 3.05) is 13.2 Å². The van der Waals surface area contributed by atoms with Gasteiger partial charge >= 0.3 is 5.97 Å². The fourth-order valence-corrected chi connectivity index (χ4v) is 3.38. The van der Waals surface area contributed by atoms with E-state index in [1.807, 2.05) is 30.3 Å². The summed E-state index contributed by atoms with van der Waals surface area (Å²) in [5.74, 6) is -0.794. The Morgan fingerprint density at radius 1 is 1.25 bits per heavy atom. The summed E-state index contributed by atoms with van der Waals surface area (Å²) in [4.78, 5) is 23.5. The van der Waals surface area contributed by atoms with Crippen LogP contribution in [-0.4, -0.2) is 55.7 Å². The van der Waals surface area contributed by atoms with Gasteiger partial charge in [-0.2, -0.15) is 0 Å². The Balaban J connectivity index is 1.86. The number of nitrogens with one attached hydrogen (secondary N) is 1. The van der Waals surface area contributed by atoms with Gasteiger partial charge in [-0.15, -0.1) is 6.58 Å². The maximum absolute atomic E-state index is 11.8. The molecule has 3 rings (SSSR count). The summed E-state index contributed by atoms with van der Waals surface area (Å²) < 4.78 is 29.1. The number of benzene rings is 1. The molecule has 2 aliphatic rings. The Kier molecular flexibility index (Phi) is 6.79. The van der Waals surface area contributed by atoms with Gasteiger partial charge in [0.2, 0.25) is 5.91 Å². The van der Waals surface area contributed by atoms with Crippen LogP contribution in [0.4, 0.5) is 0 Å². The molecular weight excluding hydrogens is 366 g/mol. The lowest BCUT2D eigenvalue weighted by atomic mass is 9.95. The van der Waals surface area contributed by atoms with Gasteiger partial charge in [0.1, 0.15) is 18.2 Å². The first kappa shape index (κ1) is 20.5. The average Bonchev–Trinajstić information content (AvgIpc) is 2.68. The van der Waals surface area contributed by atoms with E-state index < -0.39 is 42.9 Å². The molecule has 2 fully saturated rings. The summed E-state index contributed by atoms with van der Waals surface area (Å²) in [5, 5.41) is 2.76. The first-order valence-corrected chi connectivity index (χ1v) is 9.14. The molecular formula is C20H25NO7. The predicted octanol–water partition coefficient (Wildman–Crippen LogP) is 1.46. The third-order valence-corrected chi connectivity index (χ3v) is 4.46. The van der Waals surface area contributed by atoms with Crippen molar-refractivity contribution in [3.05, 3.63) is 48.6 Å². The van der Waals surface area contributed by atoms with Crippen LogP contribution < -0.4 is 5.32 Å². The molecule has 0 aromatic heterocycles. The highest BCUT2D eigenvalue weighted by Gasteiger charge is 2.52. The molecule has 2 saturated heterocycles. The molecule has 0 radical (unpaired) electrons. The third kappa shape index (κ3) is 4.77. The smallest absolute Gasteiger partial charge is 0.303 e. The van der Waals surface area contributed by atoms with E-state index in [2.05, 4.69) is 11.9 Å². The first-order chi connectivity index (χ1) is 13.5. The van der Waals surface area contributed by atoms with E-state index in [1.54, 1.807) is 6.08 Å². The number of carbonyl (C=O) groups is 2. The van der Waals surface area contributed by atoms with Gasteiger partial charge < -0.3 is 29.0 Å². The third-order valence-electron chi connectivity index (χ3n) is 4.46. The molecule has 8 nitrogen and oxygen atoms in total. The summed E-state index contributed by atoms with van der Waals surface area (Å²) in [6, 6.07) is 8.70. The van der Waals surface area contributed by atoms with Gasteiger partial charge in [0, 0.05) is 19.4 Å². The Labute approximate surface area is 163 Å². The molecule has 8 heteroatoms. The molecule has 0 bridgehead atoms. The van der Waals surface area contributed by atoms with Crippen molar-refractivity contribution in [1.29, 1.82) is 0 Å². The van der Waals surface area contributed by atoms with Gasteiger partial charge in [0.05, 0.1) is 13.2 Å². The number of esters is 1. The Bertz CT molecular complexity index is 695. The highest BCUT2D eigenvalue weighted by Crippen LogP contribution is 2.35. The van der Waals surface area contributed by atoms with Crippen molar-refractivity contribution >= 4 is 11.9 Å². The summed E-state index contributed by atoms with van der Waals surface area (Å²) in [7, 11) is 0. The molecule has 1 aromatic rings. The quantitative estimate of drug-likeness (QED) is 0.580. The highest BCUT2D eigenvalue weighted by molar-refractivity contribution is 5.73. The largest absolute Gasteiger partial charge is 0.457 e. The lowest BCUT2D eigenvalue weighted by Crippen LogP contribution is -2.67. The van der Waals surface area contributed by atoms with Crippen LogP contribution >= 0.6 is 0 Å². The monoisotopic (exact) mass is 391 g/mol. The van der Waals surface area contributed by atoms with Crippen LogP contribution in [0.3, 0.4) is 0 Å². The number of amides is 1. The fourth-order valence-electron chi connectivity index (χ4n) is 3.38. The van der Waals surface area contributed by atoms with E-state index in [-0.39, 0.29) is 19.1 Å². The van der Waals surface area contributed by atoms with Gasteiger partial charge in [0.25, 0.3) is 0 Å². The second-order valence-electron chi connectivity index (χ2n) is 6.64. The molecule has 1 aromatic carbocycles. The topological polar surface area (TPSA) is 92.3 Å². The number of fused-ring (bicyclic) bond motifs is 1. The van der Waals surface area contributed by atoms with Gasteiger partial charge in [-0.25, -0.2) is 0 Å². The average molecular weight is 391 g/mol. The van der Waals surface area contributed by atoms with Crippen molar-refractivity contribution in [3.8, 4) is 0 Å². The van der Waals surface area contributed by atoms with Gasteiger partial charge in [0.15, 0.2) is 18.7 Å². The molecule has 0 saturated carbocycles. The Morgan fingerprint density at radius 3 is 2.64 bits per heavy atom. The summed E-state index contributed by atoms with van der Waals surface area (Å²) >= 11 is 0. The zero-order chi connectivity index (χ0) is 20.1. The maximum atomic E-state index is 11.8. The highest BCUT2D eigenvalue weighted by atomic mass is 16.8. The van der Waals surface area contributed by atoms with Crippen LogP contribution in [0.2, 0.25) is 0 Å². The van der Waals surface area contributed by atoms with Gasteiger partial charge in [-0.3, -0.25) is 9.59 Å². The van der Waals surface area contributed by atoms with Crippen molar-refractivity contribution in [3.63, 3.8) is 0 Å². The minimum atomic E-state index is -0.840. The van der Waals surface area contributed by atoms with Crippen LogP contribution in [0.15, 0.2) is 43.0 Å². The van der Waals surface area contributed by atoms with Crippen molar-refractivity contribution in [2.24, 2.45) is 0 Å². The molecule has 28 heavy (non-hydrogen) atoms. The zero-order valence-corrected chi connectivity index (χ0v) is 15.9. The van der Waals surface area contributed by atoms with Crippen molar-refractivity contribution in [2.45, 2.75) is 50.8 Å². The van der Waals surface area contributed by atoms with E-state index in [0.717, 1.165) is 5.56 Å². The normalized spacial score (nSPS) is 32.1. The second kappa shape index (κ2) is 9.29. The van der Waals surface area contributed by atoms with Crippen LogP contribution in [-0.2, 0) is 33.3 Å². The molecule has 6 atom stereocenters. The lowest BCUT2D eigenvalue weighted by molar-refractivity contribution is -0.343. The predicted molar refractivity (Wildman–Crippen MR) is 98.0 cm³/mol. The van der Waals surface area contributed by atoms with E-state index in [0.29, 0.717) is 0 Å². The molecule has 1 unspecified atom stereocenters. The van der Waals surface area contributed by atoms with Crippen LogP contribution in [0, 0.1) is 0 Å². The molecule has 2 aliphatic heterocycles. The molecule has 0 spiro atoms. The minimum absolute atomic E-state index is 0.208. The lowest BCUT2D eigenvalue weighted by Gasteiger charge is -2.48. The van der Waals surface area contributed by atoms with Crippen LogP contribution in [0.1, 0.15) is 25.7 Å². The number of hydrogen-bond donors (Lipinski definition) is 1. The number of hydrogen-bond acceptors (Lipinski definition) is 7. The van der Waals surface area contributed by atoms with E-state index in [4.69, 9.17) is 23.7 Å². The summed E-state index contributed by atoms with van der Waals surface area (Å²) in [5.41, 5.74) is 0.837. The number of carbonyl (C=O) groups excluding carboxylic acids is 2. The summed E-state index contributed by atoms with van der Waals surface area (Å²) in [6.45, 7) is 6.74. The zero-order valence-electron chi connectivity index (χ0n) is 15.9. The van der Waals surface area contributed by atoms with Gasteiger partial charge in [-0.1, -0.05) is 36.4 Å². The van der Waals surface area contributed by atoms with Crippen molar-refractivity contribution in [1.82, 2.24) is 5.32 Å². The van der Waals surface area contributed by atoms with Crippen molar-refractivity contribution < 1.29 is 33.3 Å². The minimum Gasteiger partial charge on any atom is -0.457 e. The number of ether oxygens (including phenoxy) is 5.